The average Bonchev–Trinajstić information content (AvgIpc) is 2.73. The van der Waals surface area contributed by atoms with E-state index in [0.717, 1.165) is 5.56 Å². The van der Waals surface area contributed by atoms with Crippen molar-refractivity contribution in [3.8, 4) is 6.07 Å². The van der Waals surface area contributed by atoms with E-state index in [1.807, 2.05) is 6.07 Å². The van der Waals surface area contributed by atoms with Gasteiger partial charge in [-0.3, -0.25) is 4.79 Å². The number of hydrogen-bond acceptors (Lipinski definition) is 5. The Labute approximate surface area is 104 Å². The second-order valence-electron chi connectivity index (χ2n) is 3.69. The number of fused-ring (bicyclic) bond motifs is 1. The maximum atomic E-state index is 11.5. The van der Waals surface area contributed by atoms with E-state index in [1.54, 1.807) is 25.1 Å². The Kier molecular flexibility index (Phi) is 3.58. The van der Waals surface area contributed by atoms with Crippen LogP contribution in [0.25, 0.3) is 11.1 Å². The molecule has 1 aromatic carbocycles. The fraction of sp³-hybridized carbons (Fsp3) is 0.308. The van der Waals surface area contributed by atoms with Crippen molar-refractivity contribution >= 4 is 17.1 Å². The lowest BCUT2D eigenvalue weighted by molar-refractivity contribution is -0.142. The Balaban J connectivity index is 2.33. The van der Waals surface area contributed by atoms with Gasteiger partial charge in [0.05, 0.1) is 19.1 Å². The van der Waals surface area contributed by atoms with Crippen molar-refractivity contribution in [3.05, 3.63) is 29.7 Å². The summed E-state index contributed by atoms with van der Waals surface area (Å²) in [7, 11) is 0. The van der Waals surface area contributed by atoms with E-state index in [2.05, 4.69) is 4.98 Å². The molecular formula is C13H12N2O3. The molecule has 5 nitrogen and oxygen atoms in total. The van der Waals surface area contributed by atoms with Crippen LogP contribution in [0.5, 0.6) is 0 Å². The van der Waals surface area contributed by atoms with Gasteiger partial charge in [0.15, 0.2) is 5.58 Å². The van der Waals surface area contributed by atoms with Crippen molar-refractivity contribution in [1.29, 1.82) is 5.26 Å². The SMILES string of the molecule is CCOC(=O)Cc1cccc2oc(CC#N)nc12. The smallest absolute Gasteiger partial charge is 0.310 e. The zero-order chi connectivity index (χ0) is 13.0. The normalized spacial score (nSPS) is 10.2. The van der Waals surface area contributed by atoms with Crippen LogP contribution in [-0.2, 0) is 22.4 Å². The highest BCUT2D eigenvalue weighted by molar-refractivity contribution is 5.82. The van der Waals surface area contributed by atoms with Gasteiger partial charge >= 0.3 is 5.97 Å². The summed E-state index contributed by atoms with van der Waals surface area (Å²) < 4.78 is 10.3. The van der Waals surface area contributed by atoms with E-state index >= 15 is 0 Å². The van der Waals surface area contributed by atoms with Gasteiger partial charge in [0, 0.05) is 0 Å². The molecule has 1 heterocycles. The van der Waals surface area contributed by atoms with E-state index in [1.165, 1.54) is 0 Å². The first-order chi connectivity index (χ1) is 8.74. The molecular weight excluding hydrogens is 232 g/mol. The number of benzene rings is 1. The summed E-state index contributed by atoms with van der Waals surface area (Å²) >= 11 is 0. The van der Waals surface area contributed by atoms with Crippen LogP contribution < -0.4 is 0 Å². The number of esters is 1. The van der Waals surface area contributed by atoms with Crippen LogP contribution in [0.15, 0.2) is 22.6 Å². The molecule has 0 saturated heterocycles. The molecule has 2 aromatic rings. The molecule has 1 aromatic heterocycles. The summed E-state index contributed by atoms with van der Waals surface area (Å²) in [6.07, 6.45) is 0.275. The largest absolute Gasteiger partial charge is 0.466 e. The fourth-order valence-corrected chi connectivity index (χ4v) is 1.70. The molecule has 0 bridgehead atoms. The van der Waals surface area contributed by atoms with Crippen molar-refractivity contribution in [1.82, 2.24) is 4.98 Å². The highest BCUT2D eigenvalue weighted by Crippen LogP contribution is 2.20. The molecule has 0 saturated carbocycles. The van der Waals surface area contributed by atoms with Crippen LogP contribution in [0.2, 0.25) is 0 Å². The third kappa shape index (κ3) is 2.48. The van der Waals surface area contributed by atoms with Gasteiger partial charge in [0.2, 0.25) is 5.89 Å². The van der Waals surface area contributed by atoms with Gasteiger partial charge in [-0.1, -0.05) is 12.1 Å². The van der Waals surface area contributed by atoms with Gasteiger partial charge in [-0.25, -0.2) is 4.98 Å². The Morgan fingerprint density at radius 2 is 2.39 bits per heavy atom. The molecule has 0 unspecified atom stereocenters. The van der Waals surface area contributed by atoms with E-state index in [-0.39, 0.29) is 18.8 Å². The predicted molar refractivity (Wildman–Crippen MR) is 63.7 cm³/mol. The van der Waals surface area contributed by atoms with Gasteiger partial charge < -0.3 is 9.15 Å². The minimum atomic E-state index is -0.296. The summed E-state index contributed by atoms with van der Waals surface area (Å²) in [5, 5.41) is 8.61. The number of aromatic nitrogens is 1. The Hall–Kier alpha value is -2.35. The van der Waals surface area contributed by atoms with E-state index in [0.29, 0.717) is 23.6 Å². The van der Waals surface area contributed by atoms with E-state index in [4.69, 9.17) is 14.4 Å². The average molecular weight is 244 g/mol. The number of nitrogens with zero attached hydrogens (tertiary/aromatic N) is 2. The maximum Gasteiger partial charge on any atom is 0.310 e. The summed E-state index contributed by atoms with van der Waals surface area (Å²) in [6.45, 7) is 2.12. The summed E-state index contributed by atoms with van der Waals surface area (Å²) in [6, 6.07) is 7.33. The summed E-state index contributed by atoms with van der Waals surface area (Å²) in [5.74, 6) is 0.0682. The van der Waals surface area contributed by atoms with E-state index in [9.17, 15) is 4.79 Å². The lowest BCUT2D eigenvalue weighted by atomic mass is 10.1. The third-order valence-corrected chi connectivity index (χ3v) is 2.42. The van der Waals surface area contributed by atoms with Gasteiger partial charge in [-0.2, -0.15) is 5.26 Å². The molecule has 0 radical (unpaired) electrons. The van der Waals surface area contributed by atoms with Crippen molar-refractivity contribution in [2.24, 2.45) is 0 Å². The molecule has 5 heteroatoms. The van der Waals surface area contributed by atoms with Crippen LogP contribution in [0.4, 0.5) is 0 Å². The Morgan fingerprint density at radius 3 is 3.11 bits per heavy atom. The quantitative estimate of drug-likeness (QED) is 0.769. The second-order valence-corrected chi connectivity index (χ2v) is 3.69. The molecule has 0 fully saturated rings. The first kappa shape index (κ1) is 12.1. The predicted octanol–water partition coefficient (Wildman–Crippen LogP) is 2.00. The van der Waals surface area contributed by atoms with Crippen molar-refractivity contribution in [2.45, 2.75) is 19.8 Å². The molecule has 0 atom stereocenters. The lowest BCUT2D eigenvalue weighted by Crippen LogP contribution is -2.07. The molecule has 0 N–H and O–H groups in total. The van der Waals surface area contributed by atoms with Crippen LogP contribution in [0.1, 0.15) is 18.4 Å². The third-order valence-electron chi connectivity index (χ3n) is 2.42. The number of oxazole rings is 1. The zero-order valence-electron chi connectivity index (χ0n) is 9.97. The number of ether oxygens (including phenoxy) is 1. The fourth-order valence-electron chi connectivity index (χ4n) is 1.70. The number of para-hydroxylation sites is 1. The van der Waals surface area contributed by atoms with Crippen molar-refractivity contribution in [3.63, 3.8) is 0 Å². The first-order valence-corrected chi connectivity index (χ1v) is 5.64. The van der Waals surface area contributed by atoms with Crippen LogP contribution in [0, 0.1) is 11.3 Å². The highest BCUT2D eigenvalue weighted by atomic mass is 16.5. The number of carbonyl (C=O) groups excluding carboxylic acids is 1. The van der Waals surface area contributed by atoms with Gasteiger partial charge in [0.25, 0.3) is 0 Å². The van der Waals surface area contributed by atoms with Crippen LogP contribution in [0.3, 0.4) is 0 Å². The van der Waals surface area contributed by atoms with Crippen molar-refractivity contribution < 1.29 is 13.9 Å². The zero-order valence-corrected chi connectivity index (χ0v) is 9.97. The molecule has 0 aliphatic rings. The molecule has 0 aliphatic carbocycles. The molecule has 0 amide bonds. The van der Waals surface area contributed by atoms with Crippen LogP contribution in [-0.4, -0.2) is 17.6 Å². The molecule has 0 aliphatic heterocycles. The van der Waals surface area contributed by atoms with Gasteiger partial charge in [-0.15, -0.1) is 0 Å². The summed E-state index contributed by atoms with van der Waals surface area (Å²) in [5.41, 5.74) is 1.96. The van der Waals surface area contributed by atoms with Crippen molar-refractivity contribution in [2.75, 3.05) is 6.61 Å². The highest BCUT2D eigenvalue weighted by Gasteiger charge is 2.12. The molecule has 18 heavy (non-hydrogen) atoms. The molecule has 0 spiro atoms. The first-order valence-electron chi connectivity index (χ1n) is 5.64. The van der Waals surface area contributed by atoms with Gasteiger partial charge in [-0.05, 0) is 18.6 Å². The number of rotatable bonds is 4. The topological polar surface area (TPSA) is 76.1 Å². The minimum absolute atomic E-state index is 0.119. The maximum absolute atomic E-state index is 11.5. The Bertz CT molecular complexity index is 610. The van der Waals surface area contributed by atoms with E-state index < -0.39 is 0 Å². The number of hydrogen-bond donors (Lipinski definition) is 0. The molecule has 2 rings (SSSR count). The number of nitriles is 1. The van der Waals surface area contributed by atoms with Gasteiger partial charge in [0.1, 0.15) is 11.9 Å². The van der Waals surface area contributed by atoms with Crippen LogP contribution >= 0.6 is 0 Å². The molecule has 92 valence electrons. The minimum Gasteiger partial charge on any atom is -0.466 e. The summed E-state index contributed by atoms with van der Waals surface area (Å²) in [4.78, 5) is 15.7. The number of carbonyl (C=O) groups is 1. The standard InChI is InChI=1S/C13H12N2O3/c1-2-17-12(16)8-9-4-3-5-10-13(9)15-11(18-10)6-7-14/h3-5H,2,6,8H2,1H3. The second kappa shape index (κ2) is 5.32. The monoisotopic (exact) mass is 244 g/mol. The lowest BCUT2D eigenvalue weighted by Gasteiger charge is -2.01. The Morgan fingerprint density at radius 1 is 1.56 bits per heavy atom.